The highest BCUT2D eigenvalue weighted by molar-refractivity contribution is 4.90. The molecule has 2 nitrogen and oxygen atoms in total. The molecule has 0 radical (unpaired) electrons. The molecule has 3 rings (SSSR count). The van der Waals surface area contributed by atoms with E-state index in [9.17, 15) is 0 Å². The molecule has 1 N–H and O–H groups in total. The van der Waals surface area contributed by atoms with Crippen LogP contribution in [-0.2, 0) is 0 Å². The lowest BCUT2D eigenvalue weighted by molar-refractivity contribution is -0.921. The molecule has 20 heavy (non-hydrogen) atoms. The maximum atomic E-state index is 2.91. The van der Waals surface area contributed by atoms with Crippen LogP contribution < -0.4 is 4.90 Å². The van der Waals surface area contributed by atoms with Crippen molar-refractivity contribution in [2.24, 2.45) is 17.8 Å². The highest BCUT2D eigenvalue weighted by Crippen LogP contribution is 2.35. The van der Waals surface area contributed by atoms with Crippen molar-refractivity contribution in [3.05, 3.63) is 0 Å². The van der Waals surface area contributed by atoms with E-state index in [0.29, 0.717) is 0 Å². The van der Waals surface area contributed by atoms with Gasteiger partial charge in [0.05, 0.1) is 13.1 Å². The molecule has 3 aliphatic rings. The minimum absolute atomic E-state index is 0.746. The molecule has 1 aliphatic heterocycles. The van der Waals surface area contributed by atoms with Crippen LogP contribution in [0.15, 0.2) is 0 Å². The van der Waals surface area contributed by atoms with Gasteiger partial charge in [-0.3, -0.25) is 0 Å². The molecule has 0 spiro atoms. The Hall–Kier alpha value is -0.0800. The van der Waals surface area contributed by atoms with E-state index >= 15 is 0 Å². The van der Waals surface area contributed by atoms with E-state index in [4.69, 9.17) is 0 Å². The third kappa shape index (κ3) is 2.78. The van der Waals surface area contributed by atoms with E-state index in [0.717, 1.165) is 36.0 Å². The Morgan fingerprint density at radius 1 is 0.950 bits per heavy atom. The Bertz CT molecular complexity index is 319. The van der Waals surface area contributed by atoms with Crippen LogP contribution in [0.3, 0.4) is 0 Å². The fourth-order valence-corrected chi connectivity index (χ4v) is 5.75. The molecule has 2 saturated carbocycles. The zero-order valence-corrected chi connectivity index (χ0v) is 14.1. The largest absolute Gasteiger partial charge is 0.319 e. The molecule has 3 fully saturated rings. The molecule has 1 heterocycles. The summed E-state index contributed by atoms with van der Waals surface area (Å²) >= 11 is 0. The van der Waals surface area contributed by atoms with Gasteiger partial charge in [-0.2, -0.15) is 0 Å². The van der Waals surface area contributed by atoms with Crippen molar-refractivity contribution in [1.29, 1.82) is 0 Å². The maximum Gasteiger partial charge on any atom is 0.141 e. The van der Waals surface area contributed by atoms with Crippen molar-refractivity contribution in [2.75, 3.05) is 13.6 Å². The van der Waals surface area contributed by atoms with Crippen LogP contribution in [0.1, 0.15) is 65.7 Å². The summed E-state index contributed by atoms with van der Waals surface area (Å²) in [5.74, 6) is 2.87. The van der Waals surface area contributed by atoms with Crippen molar-refractivity contribution >= 4 is 0 Å². The first-order valence-electron chi connectivity index (χ1n) is 9.15. The summed E-state index contributed by atoms with van der Waals surface area (Å²) in [6.45, 7) is 8.80. The maximum absolute atomic E-state index is 2.91. The van der Waals surface area contributed by atoms with Crippen molar-refractivity contribution < 1.29 is 4.90 Å². The Balaban J connectivity index is 1.66. The molecule has 0 bridgehead atoms. The van der Waals surface area contributed by atoms with Gasteiger partial charge >= 0.3 is 0 Å². The monoisotopic (exact) mass is 279 g/mol. The van der Waals surface area contributed by atoms with E-state index in [1.165, 1.54) is 51.5 Å². The summed E-state index contributed by atoms with van der Waals surface area (Å²) in [5, 5.41) is 0. The first-order chi connectivity index (χ1) is 9.56. The minimum atomic E-state index is 0.746. The number of likely N-dealkylation sites (N-methyl/N-ethyl adjacent to an activating group) is 1. The van der Waals surface area contributed by atoms with Crippen LogP contribution in [0.25, 0.3) is 0 Å². The van der Waals surface area contributed by atoms with E-state index in [-0.39, 0.29) is 0 Å². The molecule has 0 aromatic heterocycles. The van der Waals surface area contributed by atoms with Gasteiger partial charge in [-0.1, -0.05) is 20.3 Å². The molecule has 116 valence electrons. The summed E-state index contributed by atoms with van der Waals surface area (Å²) in [7, 11) is 2.44. The smallest absolute Gasteiger partial charge is 0.141 e. The lowest BCUT2D eigenvalue weighted by Gasteiger charge is -2.36. The fourth-order valence-electron chi connectivity index (χ4n) is 5.75. The first kappa shape index (κ1) is 14.8. The molecule has 2 aliphatic carbocycles. The molecule has 0 aromatic carbocycles. The normalized spacial score (nSPS) is 50.1. The van der Waals surface area contributed by atoms with Crippen molar-refractivity contribution in [3.8, 4) is 0 Å². The molecular weight excluding hydrogens is 244 g/mol. The Labute approximate surface area is 125 Å². The first-order valence-corrected chi connectivity index (χ1v) is 9.15. The van der Waals surface area contributed by atoms with Crippen LogP contribution >= 0.6 is 0 Å². The average molecular weight is 279 g/mol. The molecule has 0 aromatic rings. The summed E-state index contributed by atoms with van der Waals surface area (Å²) in [6, 6.07) is 1.82. The average Bonchev–Trinajstić information content (AvgIpc) is 2.64. The van der Waals surface area contributed by atoms with Crippen LogP contribution in [-0.4, -0.2) is 36.7 Å². The van der Waals surface area contributed by atoms with Gasteiger partial charge in [0.1, 0.15) is 12.2 Å². The predicted octanol–water partition coefficient (Wildman–Crippen LogP) is 2.55. The predicted molar refractivity (Wildman–Crippen MR) is 84.8 cm³/mol. The van der Waals surface area contributed by atoms with Crippen LogP contribution in [0.4, 0.5) is 0 Å². The summed E-state index contributed by atoms with van der Waals surface area (Å²) < 4.78 is 0. The number of hydrogen-bond acceptors (Lipinski definition) is 1. The van der Waals surface area contributed by atoms with Gasteiger partial charge in [0.25, 0.3) is 0 Å². The number of hydrogen-bond donors (Lipinski definition) is 1. The number of nitrogens with zero attached hydrogens (tertiary/aromatic N) is 1. The quantitative estimate of drug-likeness (QED) is 0.816. The van der Waals surface area contributed by atoms with Crippen LogP contribution in [0.2, 0.25) is 0 Å². The molecule has 6 unspecified atom stereocenters. The zero-order chi connectivity index (χ0) is 14.3. The Morgan fingerprint density at radius 3 is 2.30 bits per heavy atom. The standard InChI is InChI=1S/C18H34N2/c1-13-9-14(2)11-16(10-13)12-20-15(3)19(4)17-7-5-6-8-18(17)20/h13-18H,5-12H2,1-4H3/p+1. The SMILES string of the molecule is CC1CC(C)CC(CN2C3CCCCC3[NH+](C)C2C)C1. The minimum Gasteiger partial charge on any atom is -0.319 e. The highest BCUT2D eigenvalue weighted by Gasteiger charge is 2.48. The Morgan fingerprint density at radius 2 is 1.60 bits per heavy atom. The van der Waals surface area contributed by atoms with E-state index in [1.54, 1.807) is 4.90 Å². The van der Waals surface area contributed by atoms with Gasteiger partial charge in [-0.25, -0.2) is 4.90 Å². The van der Waals surface area contributed by atoms with Crippen molar-refractivity contribution in [1.82, 2.24) is 4.90 Å². The van der Waals surface area contributed by atoms with Gasteiger partial charge in [0, 0.05) is 19.9 Å². The van der Waals surface area contributed by atoms with E-state index in [2.05, 4.69) is 32.7 Å². The third-order valence-electron chi connectivity index (χ3n) is 6.64. The van der Waals surface area contributed by atoms with Gasteiger partial charge < -0.3 is 4.90 Å². The van der Waals surface area contributed by atoms with Gasteiger partial charge in [-0.15, -0.1) is 0 Å². The van der Waals surface area contributed by atoms with Gasteiger partial charge in [0.2, 0.25) is 0 Å². The second-order valence-corrected chi connectivity index (χ2v) is 8.36. The van der Waals surface area contributed by atoms with Crippen LogP contribution in [0, 0.1) is 17.8 Å². The van der Waals surface area contributed by atoms with Crippen LogP contribution in [0.5, 0.6) is 0 Å². The lowest BCUT2D eigenvalue weighted by atomic mass is 9.76. The number of rotatable bonds is 2. The molecule has 1 saturated heterocycles. The van der Waals surface area contributed by atoms with Crippen molar-refractivity contribution in [2.45, 2.75) is 84.0 Å². The number of fused-ring (bicyclic) bond motifs is 1. The topological polar surface area (TPSA) is 7.68 Å². The van der Waals surface area contributed by atoms with Crippen molar-refractivity contribution in [3.63, 3.8) is 0 Å². The second-order valence-electron chi connectivity index (χ2n) is 8.36. The van der Waals surface area contributed by atoms with E-state index in [1.807, 2.05) is 0 Å². The van der Waals surface area contributed by atoms with Gasteiger partial charge in [-0.05, 0) is 49.9 Å². The third-order valence-corrected chi connectivity index (χ3v) is 6.64. The summed E-state index contributed by atoms with van der Waals surface area (Å²) in [5.41, 5.74) is 0. The number of quaternary nitrogens is 1. The number of nitrogens with one attached hydrogen (secondary N) is 1. The molecule has 6 atom stereocenters. The van der Waals surface area contributed by atoms with Gasteiger partial charge in [0.15, 0.2) is 0 Å². The fraction of sp³-hybridized carbons (Fsp3) is 1.00. The van der Waals surface area contributed by atoms with E-state index < -0.39 is 0 Å². The molecular formula is C18H35N2+. The summed E-state index contributed by atoms with van der Waals surface area (Å²) in [6.07, 6.45) is 11.0. The lowest BCUT2D eigenvalue weighted by Crippen LogP contribution is -3.15. The molecule has 0 amide bonds. The summed E-state index contributed by atoms with van der Waals surface area (Å²) in [4.78, 5) is 4.71. The Kier molecular flexibility index (Phi) is 4.42. The second kappa shape index (κ2) is 5.96. The zero-order valence-electron chi connectivity index (χ0n) is 14.1. The molecule has 2 heteroatoms. The highest BCUT2D eigenvalue weighted by atomic mass is 15.4.